The monoisotopic (exact) mass is 852 g/mol. The first-order chi connectivity index (χ1) is 31.5. The van der Waals surface area contributed by atoms with Gasteiger partial charge >= 0.3 is 6.85 Å². The first kappa shape index (κ1) is 38.5. The van der Waals surface area contributed by atoms with Gasteiger partial charge in [-0.05, 0) is 131 Å². The predicted molar refractivity (Wildman–Crippen MR) is 280 cm³/mol. The standard InChI is InChI=1S/C62H53BN2O/c1-59(2,3)34-19-22-36(23-20-34)65-53-30-46-39-24-21-35(60(4,5)6)27-55(39)66-56(46)31-45(53)40-25-26-41-44-28-42-37-15-11-13-17-47(37)62(9,10)50(42)33-52(44)64-54-29-43-38-16-12-14-18-48(38)61(7,8)49(43)32-51(54)63(65)57(40)58(41)64/h11-33H,1-10H3. The Morgan fingerprint density at radius 2 is 1.06 bits per heavy atom. The summed E-state index contributed by atoms with van der Waals surface area (Å²) < 4.78 is 9.56. The fraction of sp³-hybridized carbons (Fsp3) is 0.226. The second-order valence-electron chi connectivity index (χ2n) is 23.0. The SMILES string of the molecule is CC(C)(C)c1ccc(N2B3c4cc5c(cc4-n4c6cc7c(cc6c6ccc(c3c64)-c3cc4oc6cc(C(C)(C)C)ccc6c4cc32)-c2ccccc2C7(C)C)-c2ccccc2C5(C)C)cc1. The van der Waals surface area contributed by atoms with Crippen LogP contribution in [0.3, 0.4) is 0 Å². The number of benzene rings is 8. The lowest BCUT2D eigenvalue weighted by Gasteiger charge is -2.42. The van der Waals surface area contributed by atoms with E-state index in [1.165, 1.54) is 117 Å². The molecule has 0 saturated carbocycles. The number of fused-ring (bicyclic) bond motifs is 17. The van der Waals surface area contributed by atoms with E-state index in [0.29, 0.717) is 0 Å². The molecule has 4 aliphatic rings. The third-order valence-corrected chi connectivity index (χ3v) is 16.5. The van der Waals surface area contributed by atoms with Gasteiger partial charge in [0.2, 0.25) is 0 Å². The van der Waals surface area contributed by atoms with Crippen molar-refractivity contribution in [3.8, 4) is 39.1 Å². The van der Waals surface area contributed by atoms with E-state index in [9.17, 15) is 0 Å². The van der Waals surface area contributed by atoms with Gasteiger partial charge in [0.25, 0.3) is 0 Å². The van der Waals surface area contributed by atoms with Gasteiger partial charge in [0.1, 0.15) is 11.2 Å². The molecule has 4 heterocycles. The Bertz CT molecular complexity index is 3840. The molecule has 2 aliphatic carbocycles. The molecule has 0 atom stereocenters. The van der Waals surface area contributed by atoms with E-state index in [2.05, 4.69) is 218 Å². The minimum absolute atomic E-state index is 0.0104. The van der Waals surface area contributed by atoms with Gasteiger partial charge in [-0.15, -0.1) is 0 Å². The molecule has 0 bridgehead atoms. The van der Waals surface area contributed by atoms with Gasteiger partial charge in [-0.25, -0.2) is 0 Å². The Morgan fingerprint density at radius 1 is 0.455 bits per heavy atom. The Hall–Kier alpha value is -6.78. The van der Waals surface area contributed by atoms with Crippen LogP contribution in [0.2, 0.25) is 0 Å². The number of rotatable bonds is 1. The minimum atomic E-state index is -0.162. The van der Waals surface area contributed by atoms with Gasteiger partial charge in [-0.2, -0.15) is 0 Å². The maximum Gasteiger partial charge on any atom is 0.333 e. The van der Waals surface area contributed by atoms with E-state index in [-0.39, 0.29) is 28.5 Å². The van der Waals surface area contributed by atoms with E-state index in [1.54, 1.807) is 0 Å². The van der Waals surface area contributed by atoms with Crippen LogP contribution in [0, 0.1) is 0 Å². The first-order valence-corrected chi connectivity index (χ1v) is 24.0. The summed E-state index contributed by atoms with van der Waals surface area (Å²) in [6.45, 7) is 23.3. The average molecular weight is 853 g/mol. The van der Waals surface area contributed by atoms with Gasteiger partial charge in [0, 0.05) is 55.0 Å². The van der Waals surface area contributed by atoms with Crippen molar-refractivity contribution in [1.29, 1.82) is 0 Å². The highest BCUT2D eigenvalue weighted by Crippen LogP contribution is 2.55. The van der Waals surface area contributed by atoms with Crippen LogP contribution in [-0.4, -0.2) is 11.4 Å². The molecule has 0 fully saturated rings. The zero-order valence-electron chi connectivity index (χ0n) is 39.7. The number of hydrogen-bond donors (Lipinski definition) is 0. The number of nitrogens with zero attached hydrogens (tertiary/aromatic N) is 2. The maximum atomic E-state index is 6.89. The third kappa shape index (κ3) is 4.75. The maximum absolute atomic E-state index is 6.89. The van der Waals surface area contributed by atoms with E-state index >= 15 is 0 Å². The fourth-order valence-electron chi connectivity index (χ4n) is 12.9. The Balaban J connectivity index is 1.14. The minimum Gasteiger partial charge on any atom is -0.456 e. The topological polar surface area (TPSA) is 21.3 Å². The highest BCUT2D eigenvalue weighted by molar-refractivity contribution is 6.93. The number of aromatic nitrogens is 1. The molecule has 2 aliphatic heterocycles. The molecule has 0 N–H and O–H groups in total. The summed E-state index contributed by atoms with van der Waals surface area (Å²) in [5.41, 5.74) is 26.7. The van der Waals surface area contributed by atoms with Crippen LogP contribution < -0.4 is 15.7 Å². The quantitative estimate of drug-likeness (QED) is 0.153. The van der Waals surface area contributed by atoms with Gasteiger partial charge in [0.05, 0.1) is 11.0 Å². The molecule has 10 aromatic rings. The van der Waals surface area contributed by atoms with E-state index in [1.807, 2.05) is 0 Å². The van der Waals surface area contributed by atoms with Crippen LogP contribution in [0.4, 0.5) is 11.4 Å². The molecule has 320 valence electrons. The Labute approximate surface area is 387 Å². The molecule has 0 amide bonds. The molecule has 0 radical (unpaired) electrons. The highest BCUT2D eigenvalue weighted by atomic mass is 16.3. The molecule has 8 aromatic carbocycles. The van der Waals surface area contributed by atoms with Crippen LogP contribution in [0.5, 0.6) is 0 Å². The van der Waals surface area contributed by atoms with Crippen molar-refractivity contribution >= 4 is 72.9 Å². The molecule has 3 nitrogen and oxygen atoms in total. The lowest BCUT2D eigenvalue weighted by molar-refractivity contribution is 0.587. The molecule has 0 spiro atoms. The zero-order chi connectivity index (χ0) is 45.1. The molecular weight excluding hydrogens is 800 g/mol. The number of hydrogen-bond acceptors (Lipinski definition) is 2. The van der Waals surface area contributed by atoms with Crippen molar-refractivity contribution in [3.05, 3.63) is 173 Å². The lowest BCUT2D eigenvalue weighted by atomic mass is 9.43. The van der Waals surface area contributed by atoms with Crippen molar-refractivity contribution in [2.75, 3.05) is 4.81 Å². The first-order valence-electron chi connectivity index (χ1n) is 24.0. The Morgan fingerprint density at radius 3 is 1.74 bits per heavy atom. The molecule has 66 heavy (non-hydrogen) atoms. The van der Waals surface area contributed by atoms with Crippen LogP contribution in [0.15, 0.2) is 144 Å². The zero-order valence-corrected chi connectivity index (χ0v) is 39.7. The van der Waals surface area contributed by atoms with Crippen molar-refractivity contribution in [2.24, 2.45) is 0 Å². The Kier molecular flexibility index (Phi) is 7.09. The largest absolute Gasteiger partial charge is 0.456 e. The molecule has 14 rings (SSSR count). The molecule has 4 heteroatoms. The summed E-state index contributed by atoms with van der Waals surface area (Å²) in [5.74, 6) is 0. The van der Waals surface area contributed by atoms with Gasteiger partial charge in [-0.3, -0.25) is 0 Å². The number of furan rings is 1. The highest BCUT2D eigenvalue weighted by Gasteiger charge is 2.47. The normalized spacial score (nSPS) is 15.9. The predicted octanol–water partition coefficient (Wildman–Crippen LogP) is 15.1. The van der Waals surface area contributed by atoms with Crippen LogP contribution in [0.25, 0.3) is 82.8 Å². The smallest absolute Gasteiger partial charge is 0.333 e. The van der Waals surface area contributed by atoms with Gasteiger partial charge < -0.3 is 13.8 Å². The fourth-order valence-corrected chi connectivity index (χ4v) is 12.9. The van der Waals surface area contributed by atoms with E-state index in [4.69, 9.17) is 4.42 Å². The average Bonchev–Trinajstić information content (AvgIpc) is 3.96. The molecular formula is C62H53BN2O. The second kappa shape index (κ2) is 12.2. The lowest BCUT2D eigenvalue weighted by Crippen LogP contribution is -2.60. The molecule has 2 aromatic heterocycles. The summed E-state index contributed by atoms with van der Waals surface area (Å²) >= 11 is 0. The summed E-state index contributed by atoms with van der Waals surface area (Å²) in [4.78, 5) is 2.69. The summed E-state index contributed by atoms with van der Waals surface area (Å²) in [7, 11) is 0. The summed E-state index contributed by atoms with van der Waals surface area (Å²) in [5, 5.41) is 4.92. The van der Waals surface area contributed by atoms with Crippen molar-refractivity contribution in [3.63, 3.8) is 0 Å². The van der Waals surface area contributed by atoms with E-state index < -0.39 is 0 Å². The summed E-state index contributed by atoms with van der Waals surface area (Å²) in [6, 6.07) is 54.4. The molecule has 0 saturated heterocycles. The van der Waals surface area contributed by atoms with Crippen molar-refractivity contribution in [2.45, 2.75) is 90.9 Å². The summed E-state index contributed by atoms with van der Waals surface area (Å²) in [6.07, 6.45) is 0. The van der Waals surface area contributed by atoms with Crippen molar-refractivity contribution < 1.29 is 4.42 Å². The van der Waals surface area contributed by atoms with Crippen LogP contribution in [0.1, 0.15) is 103 Å². The van der Waals surface area contributed by atoms with Gasteiger partial charge in [0.15, 0.2) is 0 Å². The third-order valence-electron chi connectivity index (χ3n) is 16.5. The van der Waals surface area contributed by atoms with Gasteiger partial charge in [-0.1, -0.05) is 160 Å². The second-order valence-corrected chi connectivity index (χ2v) is 23.0. The van der Waals surface area contributed by atoms with Crippen LogP contribution >= 0.6 is 0 Å². The van der Waals surface area contributed by atoms with Crippen molar-refractivity contribution in [1.82, 2.24) is 4.57 Å². The number of anilines is 2. The molecule has 0 unspecified atom stereocenters. The van der Waals surface area contributed by atoms with Crippen LogP contribution in [-0.2, 0) is 21.7 Å². The van der Waals surface area contributed by atoms with E-state index in [0.717, 1.165) is 21.9 Å².